The molecular formula is C17H27N3O3S. The van der Waals surface area contributed by atoms with Gasteiger partial charge in [-0.15, -0.1) is 0 Å². The number of nitrogens with one attached hydrogen (secondary N) is 1. The van der Waals surface area contributed by atoms with Gasteiger partial charge < -0.3 is 15.3 Å². The number of aryl methyl sites for hydroxylation is 1. The second kappa shape index (κ2) is 7.11. The molecule has 134 valence electrons. The first-order valence-corrected chi connectivity index (χ1v) is 9.74. The van der Waals surface area contributed by atoms with Crippen LogP contribution in [-0.4, -0.2) is 61.6 Å². The first-order valence-electron chi connectivity index (χ1n) is 8.09. The Morgan fingerprint density at radius 3 is 2.54 bits per heavy atom. The minimum absolute atomic E-state index is 0.112. The summed E-state index contributed by atoms with van der Waals surface area (Å²) in [6.07, 6.45) is -0.649. The van der Waals surface area contributed by atoms with Crippen LogP contribution in [0.25, 0.3) is 0 Å². The third-order valence-electron chi connectivity index (χ3n) is 4.47. The third-order valence-corrected chi connectivity index (χ3v) is 7.00. The fraction of sp³-hybridized carbons (Fsp3) is 0.588. The molecule has 1 aliphatic heterocycles. The molecule has 7 heteroatoms. The number of nitrogens with zero attached hydrogens (tertiary/aromatic N) is 2. The molecular weight excluding hydrogens is 326 g/mol. The summed E-state index contributed by atoms with van der Waals surface area (Å²) >= 11 is 0. The highest BCUT2D eigenvalue weighted by molar-refractivity contribution is 7.92. The van der Waals surface area contributed by atoms with E-state index in [4.69, 9.17) is 0 Å². The molecule has 0 saturated carbocycles. The molecule has 1 aliphatic rings. The van der Waals surface area contributed by atoms with Crippen LogP contribution in [0.15, 0.2) is 29.3 Å². The van der Waals surface area contributed by atoms with Gasteiger partial charge >= 0.3 is 0 Å². The second-order valence-corrected chi connectivity index (χ2v) is 9.60. The largest absolute Gasteiger partial charge is 0.387 e. The standard InChI is InChI=1S/C17H27N3O3S/c1-13-5-7-14(8-6-13)15(21)11-19-16(18-4)20-9-10-24(22,23)17(2,3)12-20/h5-8,15,21H,9-12H2,1-4H3,(H,18,19). The summed E-state index contributed by atoms with van der Waals surface area (Å²) in [5.74, 6) is 0.727. The molecule has 2 N–H and O–H groups in total. The molecule has 0 aromatic heterocycles. The van der Waals surface area contributed by atoms with Crippen LogP contribution in [0, 0.1) is 6.92 Å². The summed E-state index contributed by atoms with van der Waals surface area (Å²) in [6.45, 7) is 6.59. The predicted molar refractivity (Wildman–Crippen MR) is 96.9 cm³/mol. The van der Waals surface area contributed by atoms with E-state index in [-0.39, 0.29) is 5.75 Å². The molecule has 6 nitrogen and oxygen atoms in total. The van der Waals surface area contributed by atoms with Gasteiger partial charge in [0.15, 0.2) is 15.8 Å². The number of hydrogen-bond acceptors (Lipinski definition) is 4. The van der Waals surface area contributed by atoms with E-state index in [1.165, 1.54) is 0 Å². The number of rotatable bonds is 3. The maximum absolute atomic E-state index is 12.1. The molecule has 24 heavy (non-hydrogen) atoms. The number of aliphatic imine (C=N–C) groups is 1. The van der Waals surface area contributed by atoms with Gasteiger partial charge in [-0.05, 0) is 26.3 Å². The lowest BCUT2D eigenvalue weighted by atomic mass is 10.1. The fourth-order valence-corrected chi connectivity index (χ4v) is 4.12. The van der Waals surface area contributed by atoms with E-state index in [9.17, 15) is 13.5 Å². The average Bonchev–Trinajstić information content (AvgIpc) is 2.51. The zero-order valence-electron chi connectivity index (χ0n) is 14.8. The molecule has 1 aromatic carbocycles. The first-order chi connectivity index (χ1) is 11.2. The highest BCUT2D eigenvalue weighted by atomic mass is 32.2. The maximum atomic E-state index is 12.1. The Morgan fingerprint density at radius 1 is 1.38 bits per heavy atom. The summed E-state index contributed by atoms with van der Waals surface area (Å²) in [5, 5.41) is 13.5. The van der Waals surface area contributed by atoms with Crippen LogP contribution in [0.2, 0.25) is 0 Å². The molecule has 1 fully saturated rings. The molecule has 0 aliphatic carbocycles. The molecule has 0 bridgehead atoms. The van der Waals surface area contributed by atoms with E-state index in [0.29, 0.717) is 25.6 Å². The number of guanidine groups is 1. The summed E-state index contributed by atoms with van der Waals surface area (Å²) in [6, 6.07) is 7.73. The van der Waals surface area contributed by atoms with Crippen LogP contribution >= 0.6 is 0 Å². The molecule has 2 rings (SSSR count). The van der Waals surface area contributed by atoms with Crippen molar-refractivity contribution in [3.05, 3.63) is 35.4 Å². The smallest absolute Gasteiger partial charge is 0.193 e. The lowest BCUT2D eigenvalue weighted by Gasteiger charge is -2.39. The van der Waals surface area contributed by atoms with Crippen molar-refractivity contribution in [3.8, 4) is 0 Å². The second-order valence-electron chi connectivity index (χ2n) is 6.85. The zero-order valence-corrected chi connectivity index (χ0v) is 15.6. The Balaban J connectivity index is 1.99. The van der Waals surface area contributed by atoms with Gasteiger partial charge in [0.05, 0.1) is 16.6 Å². The van der Waals surface area contributed by atoms with Crippen molar-refractivity contribution in [3.63, 3.8) is 0 Å². The summed E-state index contributed by atoms with van der Waals surface area (Å²) < 4.78 is 23.4. The van der Waals surface area contributed by atoms with Crippen molar-refractivity contribution in [2.45, 2.75) is 31.6 Å². The van der Waals surface area contributed by atoms with Crippen molar-refractivity contribution in [2.24, 2.45) is 4.99 Å². The summed E-state index contributed by atoms with van der Waals surface area (Å²) in [5.41, 5.74) is 1.98. The van der Waals surface area contributed by atoms with Crippen LogP contribution in [-0.2, 0) is 9.84 Å². The van der Waals surface area contributed by atoms with Crippen molar-refractivity contribution in [1.29, 1.82) is 0 Å². The Kier molecular flexibility index (Phi) is 5.55. The van der Waals surface area contributed by atoms with E-state index in [1.807, 2.05) is 36.1 Å². The molecule has 1 atom stereocenters. The first kappa shape index (κ1) is 18.7. The topological polar surface area (TPSA) is 82.0 Å². The van der Waals surface area contributed by atoms with Crippen molar-refractivity contribution >= 4 is 15.8 Å². The Morgan fingerprint density at radius 2 is 2.00 bits per heavy atom. The van der Waals surface area contributed by atoms with Gasteiger partial charge in [0.25, 0.3) is 0 Å². The SMILES string of the molecule is CN=C(NCC(O)c1ccc(C)cc1)N1CCS(=O)(=O)C(C)(C)C1. The van der Waals surface area contributed by atoms with Gasteiger partial charge in [0, 0.05) is 26.7 Å². The highest BCUT2D eigenvalue weighted by Crippen LogP contribution is 2.23. The minimum atomic E-state index is -3.09. The normalized spacial score (nSPS) is 21.4. The number of sulfone groups is 1. The van der Waals surface area contributed by atoms with Gasteiger partial charge in [0.2, 0.25) is 0 Å². The Hall–Kier alpha value is -1.60. The van der Waals surface area contributed by atoms with Crippen LogP contribution in [0.4, 0.5) is 0 Å². The fourth-order valence-electron chi connectivity index (χ4n) is 2.75. The zero-order chi connectivity index (χ0) is 18.0. The van der Waals surface area contributed by atoms with E-state index in [2.05, 4.69) is 10.3 Å². The van der Waals surface area contributed by atoms with Crippen LogP contribution in [0.5, 0.6) is 0 Å². The van der Waals surface area contributed by atoms with Crippen LogP contribution in [0.1, 0.15) is 31.1 Å². The highest BCUT2D eigenvalue weighted by Gasteiger charge is 2.40. The van der Waals surface area contributed by atoms with Gasteiger partial charge in [-0.25, -0.2) is 8.42 Å². The molecule has 1 saturated heterocycles. The lowest BCUT2D eigenvalue weighted by molar-refractivity contribution is 0.179. The van der Waals surface area contributed by atoms with Crippen molar-refractivity contribution < 1.29 is 13.5 Å². The van der Waals surface area contributed by atoms with Gasteiger partial charge in [-0.2, -0.15) is 0 Å². The molecule has 0 spiro atoms. The summed E-state index contributed by atoms with van der Waals surface area (Å²) in [7, 11) is -1.42. The predicted octanol–water partition coefficient (Wildman–Crippen LogP) is 1.11. The van der Waals surface area contributed by atoms with Crippen LogP contribution in [0.3, 0.4) is 0 Å². The number of aliphatic hydroxyl groups is 1. The lowest BCUT2D eigenvalue weighted by Crippen LogP contribution is -2.57. The third kappa shape index (κ3) is 4.08. The average molecular weight is 353 g/mol. The van der Waals surface area contributed by atoms with Gasteiger partial charge in [-0.3, -0.25) is 4.99 Å². The molecule has 1 unspecified atom stereocenters. The van der Waals surface area contributed by atoms with Gasteiger partial charge in [0.1, 0.15) is 0 Å². The van der Waals surface area contributed by atoms with E-state index < -0.39 is 20.7 Å². The van der Waals surface area contributed by atoms with E-state index in [0.717, 1.165) is 11.1 Å². The van der Waals surface area contributed by atoms with Crippen LogP contribution < -0.4 is 5.32 Å². The quantitative estimate of drug-likeness (QED) is 0.628. The Bertz CT molecular complexity index is 696. The van der Waals surface area contributed by atoms with Gasteiger partial charge in [-0.1, -0.05) is 29.8 Å². The Labute approximate surface area is 144 Å². The van der Waals surface area contributed by atoms with E-state index >= 15 is 0 Å². The number of aliphatic hydroxyl groups excluding tert-OH is 1. The number of benzene rings is 1. The molecule has 0 amide bonds. The summed E-state index contributed by atoms with van der Waals surface area (Å²) in [4.78, 5) is 6.16. The number of hydrogen-bond donors (Lipinski definition) is 2. The minimum Gasteiger partial charge on any atom is -0.387 e. The maximum Gasteiger partial charge on any atom is 0.193 e. The van der Waals surface area contributed by atoms with Crippen molar-refractivity contribution in [2.75, 3.05) is 32.4 Å². The molecule has 0 radical (unpaired) electrons. The van der Waals surface area contributed by atoms with E-state index in [1.54, 1.807) is 20.9 Å². The van der Waals surface area contributed by atoms with Crippen molar-refractivity contribution in [1.82, 2.24) is 10.2 Å². The molecule has 1 aromatic rings. The molecule has 1 heterocycles. The monoisotopic (exact) mass is 353 g/mol.